The third kappa shape index (κ3) is 3.01. The summed E-state index contributed by atoms with van der Waals surface area (Å²) >= 11 is 0. The van der Waals surface area contributed by atoms with E-state index in [-0.39, 0.29) is 24.7 Å². The number of carboxylic acids is 1. The number of nitro benzene ring substituents is 1. The maximum absolute atomic E-state index is 13.0. The predicted molar refractivity (Wildman–Crippen MR) is 92.0 cm³/mol. The van der Waals surface area contributed by atoms with Crippen LogP contribution in [0.1, 0.15) is 23.2 Å². The van der Waals surface area contributed by atoms with Crippen LogP contribution in [0.4, 0.5) is 5.69 Å². The standard InChI is InChI=1S/C17H19N3O6/c1-26-10-17(16(22)23)5-2-6-19(9-17)15(21)13-8-18-14-4-3-11(20(24)25)7-12(13)14/h3-4,7-8,18H,2,5-6,9-10H2,1H3,(H,22,23). The Kier molecular flexibility index (Phi) is 4.64. The molecule has 9 nitrogen and oxygen atoms in total. The van der Waals surface area contributed by atoms with E-state index in [4.69, 9.17) is 4.74 Å². The number of likely N-dealkylation sites (tertiary alicyclic amines) is 1. The first-order chi connectivity index (χ1) is 12.4. The minimum Gasteiger partial charge on any atom is -0.481 e. The van der Waals surface area contributed by atoms with E-state index >= 15 is 0 Å². The fourth-order valence-electron chi connectivity index (χ4n) is 3.50. The Labute approximate surface area is 148 Å². The normalized spacial score (nSPS) is 20.3. The number of nitro groups is 1. The van der Waals surface area contributed by atoms with Gasteiger partial charge in [0.25, 0.3) is 11.6 Å². The number of aromatic amines is 1. The Balaban J connectivity index is 1.94. The average molecular weight is 361 g/mol. The summed E-state index contributed by atoms with van der Waals surface area (Å²) in [6.45, 7) is 0.487. The smallest absolute Gasteiger partial charge is 0.313 e. The Bertz CT molecular complexity index is 873. The van der Waals surface area contributed by atoms with Crippen molar-refractivity contribution in [3.8, 4) is 0 Å². The van der Waals surface area contributed by atoms with Crippen LogP contribution in [0.5, 0.6) is 0 Å². The highest BCUT2D eigenvalue weighted by atomic mass is 16.6. The summed E-state index contributed by atoms with van der Waals surface area (Å²) in [5.41, 5.74) is -0.343. The molecule has 1 aliphatic heterocycles. The van der Waals surface area contributed by atoms with Gasteiger partial charge in [-0.2, -0.15) is 0 Å². The third-order valence-corrected chi connectivity index (χ3v) is 4.84. The molecule has 1 atom stereocenters. The summed E-state index contributed by atoms with van der Waals surface area (Å²) in [5.74, 6) is -1.34. The number of ether oxygens (including phenoxy) is 1. The second-order valence-corrected chi connectivity index (χ2v) is 6.54. The Morgan fingerprint density at radius 3 is 2.88 bits per heavy atom. The summed E-state index contributed by atoms with van der Waals surface area (Å²) in [7, 11) is 1.43. The highest BCUT2D eigenvalue weighted by molar-refractivity contribution is 6.07. The number of piperidine rings is 1. The van der Waals surface area contributed by atoms with Gasteiger partial charge in [0, 0.05) is 49.4 Å². The summed E-state index contributed by atoms with van der Waals surface area (Å²) < 4.78 is 5.08. The molecule has 1 aliphatic rings. The quantitative estimate of drug-likeness (QED) is 0.620. The van der Waals surface area contributed by atoms with Gasteiger partial charge in [-0.1, -0.05) is 0 Å². The zero-order chi connectivity index (χ0) is 18.9. The Hall–Kier alpha value is -2.94. The molecule has 26 heavy (non-hydrogen) atoms. The minimum absolute atomic E-state index is 0.0193. The number of benzene rings is 1. The minimum atomic E-state index is -1.14. The van der Waals surface area contributed by atoms with Crippen molar-refractivity contribution in [3.05, 3.63) is 40.1 Å². The van der Waals surface area contributed by atoms with Crippen LogP contribution in [0, 0.1) is 15.5 Å². The van der Waals surface area contributed by atoms with Gasteiger partial charge < -0.3 is 19.7 Å². The van der Waals surface area contributed by atoms with Gasteiger partial charge in [0.05, 0.1) is 17.1 Å². The number of rotatable bonds is 5. The summed E-state index contributed by atoms with van der Waals surface area (Å²) in [4.78, 5) is 39.6. The van der Waals surface area contributed by atoms with Crippen LogP contribution >= 0.6 is 0 Å². The van der Waals surface area contributed by atoms with E-state index in [1.807, 2.05) is 0 Å². The molecule has 2 N–H and O–H groups in total. The van der Waals surface area contributed by atoms with Gasteiger partial charge in [-0.05, 0) is 18.9 Å². The number of methoxy groups -OCH3 is 1. The number of carbonyl (C=O) groups excluding carboxylic acids is 1. The van der Waals surface area contributed by atoms with Crippen molar-refractivity contribution in [2.24, 2.45) is 5.41 Å². The molecule has 0 radical (unpaired) electrons. The number of carbonyl (C=O) groups is 2. The number of H-pyrrole nitrogens is 1. The first-order valence-electron chi connectivity index (χ1n) is 8.15. The molecule has 1 amide bonds. The lowest BCUT2D eigenvalue weighted by Crippen LogP contribution is -2.52. The number of amides is 1. The van der Waals surface area contributed by atoms with Gasteiger partial charge in [-0.15, -0.1) is 0 Å². The zero-order valence-electron chi connectivity index (χ0n) is 14.2. The Morgan fingerprint density at radius 2 is 2.23 bits per heavy atom. The zero-order valence-corrected chi connectivity index (χ0v) is 14.2. The Morgan fingerprint density at radius 1 is 1.46 bits per heavy atom. The van der Waals surface area contributed by atoms with Gasteiger partial charge in [0.2, 0.25) is 0 Å². The number of aromatic nitrogens is 1. The fraction of sp³-hybridized carbons (Fsp3) is 0.412. The molecular weight excluding hydrogens is 342 g/mol. The number of aliphatic carboxylic acids is 1. The SMILES string of the molecule is COCC1(C(=O)O)CCCN(C(=O)c2c[nH]c3ccc([N+](=O)[O-])cc23)C1. The van der Waals surface area contributed by atoms with Crippen LogP contribution < -0.4 is 0 Å². The lowest BCUT2D eigenvalue weighted by Gasteiger charge is -2.39. The second-order valence-electron chi connectivity index (χ2n) is 6.54. The summed E-state index contributed by atoms with van der Waals surface area (Å²) in [6.07, 6.45) is 2.48. The number of carboxylic acid groups (broad SMARTS) is 1. The molecule has 1 fully saturated rings. The van der Waals surface area contributed by atoms with E-state index in [1.165, 1.54) is 30.3 Å². The number of non-ortho nitro benzene ring substituents is 1. The van der Waals surface area contributed by atoms with E-state index in [0.29, 0.717) is 35.9 Å². The average Bonchev–Trinajstić information content (AvgIpc) is 3.04. The number of nitrogens with zero attached hydrogens (tertiary/aromatic N) is 2. The molecular formula is C17H19N3O6. The molecule has 0 saturated carbocycles. The van der Waals surface area contributed by atoms with Gasteiger partial charge in [-0.3, -0.25) is 19.7 Å². The number of hydrogen-bond donors (Lipinski definition) is 2. The molecule has 0 bridgehead atoms. The third-order valence-electron chi connectivity index (χ3n) is 4.84. The lowest BCUT2D eigenvalue weighted by molar-refractivity contribution is -0.384. The highest BCUT2D eigenvalue weighted by Crippen LogP contribution is 2.33. The van der Waals surface area contributed by atoms with E-state index in [2.05, 4.69) is 4.98 Å². The first-order valence-corrected chi connectivity index (χ1v) is 8.15. The van der Waals surface area contributed by atoms with E-state index in [1.54, 1.807) is 6.07 Å². The van der Waals surface area contributed by atoms with Crippen molar-refractivity contribution in [2.45, 2.75) is 12.8 Å². The van der Waals surface area contributed by atoms with E-state index in [0.717, 1.165) is 0 Å². The van der Waals surface area contributed by atoms with Crippen molar-refractivity contribution in [3.63, 3.8) is 0 Å². The molecule has 1 aromatic carbocycles. The number of hydrogen-bond acceptors (Lipinski definition) is 5. The number of nitrogens with one attached hydrogen (secondary N) is 1. The van der Waals surface area contributed by atoms with E-state index in [9.17, 15) is 24.8 Å². The van der Waals surface area contributed by atoms with Crippen molar-refractivity contribution < 1.29 is 24.4 Å². The molecule has 2 aromatic rings. The molecule has 138 valence electrons. The number of fused-ring (bicyclic) bond motifs is 1. The van der Waals surface area contributed by atoms with Crippen molar-refractivity contribution >= 4 is 28.5 Å². The van der Waals surface area contributed by atoms with Gasteiger partial charge in [-0.25, -0.2) is 0 Å². The monoisotopic (exact) mass is 361 g/mol. The van der Waals surface area contributed by atoms with Crippen molar-refractivity contribution in [1.82, 2.24) is 9.88 Å². The molecule has 1 saturated heterocycles. The van der Waals surface area contributed by atoms with Gasteiger partial charge >= 0.3 is 5.97 Å². The lowest BCUT2D eigenvalue weighted by atomic mass is 9.80. The molecule has 3 rings (SSSR count). The van der Waals surface area contributed by atoms with Crippen LogP contribution in [-0.2, 0) is 9.53 Å². The highest BCUT2D eigenvalue weighted by Gasteiger charge is 2.44. The molecule has 9 heteroatoms. The van der Waals surface area contributed by atoms with Gasteiger partial charge in [0.15, 0.2) is 0 Å². The molecule has 0 spiro atoms. The second kappa shape index (κ2) is 6.75. The summed E-state index contributed by atoms with van der Waals surface area (Å²) in [6, 6.07) is 4.26. The maximum atomic E-state index is 13.0. The maximum Gasteiger partial charge on any atom is 0.313 e. The molecule has 1 aromatic heterocycles. The van der Waals surface area contributed by atoms with Crippen LogP contribution in [0.2, 0.25) is 0 Å². The fourth-order valence-corrected chi connectivity index (χ4v) is 3.50. The van der Waals surface area contributed by atoms with E-state index < -0.39 is 16.3 Å². The largest absolute Gasteiger partial charge is 0.481 e. The topological polar surface area (TPSA) is 126 Å². The van der Waals surface area contributed by atoms with Crippen LogP contribution in [-0.4, -0.2) is 58.6 Å². The van der Waals surface area contributed by atoms with Crippen molar-refractivity contribution in [1.29, 1.82) is 0 Å². The molecule has 1 unspecified atom stereocenters. The molecule has 2 heterocycles. The van der Waals surface area contributed by atoms with Crippen LogP contribution in [0.3, 0.4) is 0 Å². The van der Waals surface area contributed by atoms with Gasteiger partial charge in [0.1, 0.15) is 5.41 Å². The predicted octanol–water partition coefficient (Wildman–Crippen LogP) is 2.03. The molecule has 0 aliphatic carbocycles. The first kappa shape index (κ1) is 17.9. The van der Waals surface area contributed by atoms with Crippen LogP contribution in [0.25, 0.3) is 10.9 Å². The summed E-state index contributed by atoms with van der Waals surface area (Å²) in [5, 5.41) is 21.1. The van der Waals surface area contributed by atoms with Crippen LogP contribution in [0.15, 0.2) is 24.4 Å². The van der Waals surface area contributed by atoms with Crippen molar-refractivity contribution in [2.75, 3.05) is 26.8 Å².